The minimum atomic E-state index is -0.465. The predicted molar refractivity (Wildman–Crippen MR) is 158 cm³/mol. The molecule has 2 atom stereocenters. The molecule has 0 unspecified atom stereocenters. The molecule has 43 heavy (non-hydrogen) atoms. The number of hydrogen-bond acceptors (Lipinski definition) is 5. The summed E-state index contributed by atoms with van der Waals surface area (Å²) in [6, 6.07) is 21.2. The van der Waals surface area contributed by atoms with Crippen LogP contribution in [-0.4, -0.2) is 36.0 Å². The lowest BCUT2D eigenvalue weighted by atomic mass is 9.77. The van der Waals surface area contributed by atoms with Gasteiger partial charge in [0.15, 0.2) is 5.65 Å². The molecule has 7 rings (SSSR count). The lowest BCUT2D eigenvalue weighted by Gasteiger charge is -2.29. The second kappa shape index (κ2) is 10.9. The summed E-state index contributed by atoms with van der Waals surface area (Å²) in [4.78, 5) is 31.8. The number of rotatable bonds is 5. The lowest BCUT2D eigenvalue weighted by molar-refractivity contribution is -0.134. The summed E-state index contributed by atoms with van der Waals surface area (Å²) in [6.45, 7) is -0.281. The SMILES string of the molecule is O=C(Cn1cnc2c(cnn2-c2ccccc2)c1=O)N1N=C2/C(=C\c3ccc(F)cc3)CCC[C@@H]2[C@@H]1c1ccc(F)cc1. The molecule has 0 saturated heterocycles. The Morgan fingerprint density at radius 2 is 1.67 bits per heavy atom. The molecule has 1 aliphatic carbocycles. The number of para-hydroxylation sites is 1. The molecule has 3 aromatic carbocycles. The highest BCUT2D eigenvalue weighted by Crippen LogP contribution is 2.44. The molecular formula is C33H26F2N6O2. The van der Waals surface area contributed by atoms with E-state index in [4.69, 9.17) is 5.10 Å². The predicted octanol–water partition coefficient (Wildman–Crippen LogP) is 5.68. The molecule has 10 heteroatoms. The fourth-order valence-corrected chi connectivity index (χ4v) is 6.00. The number of nitrogens with zero attached hydrogens (tertiary/aromatic N) is 6. The highest BCUT2D eigenvalue weighted by atomic mass is 19.1. The first kappa shape index (κ1) is 26.6. The zero-order valence-corrected chi connectivity index (χ0v) is 23.0. The van der Waals surface area contributed by atoms with Crippen molar-refractivity contribution in [1.82, 2.24) is 24.3 Å². The molecule has 8 nitrogen and oxygen atoms in total. The van der Waals surface area contributed by atoms with E-state index in [9.17, 15) is 18.4 Å². The van der Waals surface area contributed by atoms with Gasteiger partial charge in [-0.05, 0) is 78.4 Å². The normalized spacial score (nSPS) is 19.1. The first-order chi connectivity index (χ1) is 21.0. The van der Waals surface area contributed by atoms with Gasteiger partial charge in [0.2, 0.25) is 0 Å². The van der Waals surface area contributed by atoms with Gasteiger partial charge in [-0.1, -0.05) is 42.5 Å². The maximum Gasteiger partial charge on any atom is 0.264 e. The van der Waals surface area contributed by atoms with Crippen molar-refractivity contribution < 1.29 is 13.6 Å². The number of aromatic nitrogens is 4. The van der Waals surface area contributed by atoms with Crippen molar-refractivity contribution in [3.63, 3.8) is 0 Å². The van der Waals surface area contributed by atoms with E-state index in [2.05, 4.69) is 10.1 Å². The minimum Gasteiger partial charge on any atom is -0.289 e. The number of carbonyl (C=O) groups is 1. The van der Waals surface area contributed by atoms with Gasteiger partial charge in [0.25, 0.3) is 11.5 Å². The highest BCUT2D eigenvalue weighted by Gasteiger charge is 2.43. The van der Waals surface area contributed by atoms with E-state index in [1.54, 1.807) is 28.9 Å². The standard InChI is InChI=1S/C33H26F2N6O2/c34-24-13-9-21(10-14-24)17-23-5-4-8-27-30(23)38-41(31(27)22-11-15-25(35)16-12-22)29(42)19-39-20-36-32-28(33(39)43)18-37-40(32)26-6-2-1-3-7-26/h1-3,6-7,9-18,20,27,31H,4-5,8,19H2/b23-17-/t27-,31-/m0/s1. The van der Waals surface area contributed by atoms with E-state index in [-0.39, 0.29) is 29.7 Å². The maximum absolute atomic E-state index is 13.9. The Morgan fingerprint density at radius 1 is 0.953 bits per heavy atom. The monoisotopic (exact) mass is 576 g/mol. The van der Waals surface area contributed by atoms with E-state index >= 15 is 0 Å². The largest absolute Gasteiger partial charge is 0.289 e. The first-order valence-electron chi connectivity index (χ1n) is 14.1. The van der Waals surface area contributed by atoms with E-state index < -0.39 is 11.9 Å². The van der Waals surface area contributed by atoms with E-state index in [0.717, 1.165) is 47.4 Å². The number of hydrazone groups is 1. The molecular weight excluding hydrogens is 550 g/mol. The minimum absolute atomic E-state index is 0.115. The zero-order valence-electron chi connectivity index (χ0n) is 23.0. The Bertz CT molecular complexity index is 1950. The number of carbonyl (C=O) groups excluding carboxylic acids is 1. The van der Waals surface area contributed by atoms with E-state index in [1.165, 1.54) is 46.4 Å². The van der Waals surface area contributed by atoms with Gasteiger partial charge in [-0.15, -0.1) is 0 Å². The number of allylic oxidation sites excluding steroid dienone is 1. The number of halogens is 2. The Hall–Kier alpha value is -5.25. The zero-order chi connectivity index (χ0) is 29.5. The van der Waals surface area contributed by atoms with E-state index in [0.29, 0.717) is 11.0 Å². The van der Waals surface area contributed by atoms with Crippen molar-refractivity contribution in [2.24, 2.45) is 11.0 Å². The second-order valence-electron chi connectivity index (χ2n) is 10.7. The molecule has 2 aliphatic rings. The summed E-state index contributed by atoms with van der Waals surface area (Å²) >= 11 is 0. The second-order valence-corrected chi connectivity index (χ2v) is 10.7. The van der Waals surface area contributed by atoms with Crippen LogP contribution in [-0.2, 0) is 11.3 Å². The average Bonchev–Trinajstić information content (AvgIpc) is 3.64. The van der Waals surface area contributed by atoms with Gasteiger partial charge in [-0.25, -0.2) is 23.5 Å². The number of fused-ring (bicyclic) bond motifs is 2. The maximum atomic E-state index is 13.9. The summed E-state index contributed by atoms with van der Waals surface area (Å²) < 4.78 is 30.2. The Balaban J connectivity index is 1.24. The van der Waals surface area contributed by atoms with Gasteiger partial charge < -0.3 is 0 Å². The van der Waals surface area contributed by atoms with Crippen molar-refractivity contribution in [2.45, 2.75) is 31.8 Å². The highest BCUT2D eigenvalue weighted by molar-refractivity contribution is 6.08. The fraction of sp³-hybridized carbons (Fsp3) is 0.182. The molecule has 0 bridgehead atoms. The first-order valence-corrected chi connectivity index (χ1v) is 14.1. The van der Waals surface area contributed by atoms with Crippen LogP contribution in [0, 0.1) is 17.6 Å². The molecule has 1 fully saturated rings. The van der Waals surface area contributed by atoms with Crippen LogP contribution < -0.4 is 5.56 Å². The van der Waals surface area contributed by atoms with E-state index in [1.807, 2.05) is 36.4 Å². The van der Waals surface area contributed by atoms with Crippen LogP contribution in [0.15, 0.2) is 107 Å². The van der Waals surface area contributed by atoms with Crippen molar-refractivity contribution in [1.29, 1.82) is 0 Å². The Labute approximate surface area is 245 Å². The topological polar surface area (TPSA) is 85.4 Å². The lowest BCUT2D eigenvalue weighted by Crippen LogP contribution is -2.36. The summed E-state index contributed by atoms with van der Waals surface area (Å²) in [5.41, 5.74) is 4.12. The van der Waals surface area contributed by atoms with Gasteiger partial charge in [0.05, 0.1) is 23.6 Å². The average molecular weight is 577 g/mol. The molecule has 1 saturated carbocycles. The van der Waals surface area contributed by atoms with Crippen LogP contribution in [0.25, 0.3) is 22.8 Å². The number of amides is 1. The molecule has 3 heterocycles. The van der Waals surface area contributed by atoms with Gasteiger partial charge in [0.1, 0.15) is 29.9 Å². The van der Waals surface area contributed by atoms with Crippen LogP contribution >= 0.6 is 0 Å². The van der Waals surface area contributed by atoms with Crippen LogP contribution in [0.1, 0.15) is 36.4 Å². The van der Waals surface area contributed by atoms with Crippen LogP contribution in [0.5, 0.6) is 0 Å². The number of hydrogen-bond donors (Lipinski definition) is 0. The Kier molecular flexibility index (Phi) is 6.73. The van der Waals surface area contributed by atoms with Crippen molar-refractivity contribution in [3.05, 3.63) is 130 Å². The fourth-order valence-electron chi connectivity index (χ4n) is 6.00. The van der Waals surface area contributed by atoms with Gasteiger partial charge >= 0.3 is 0 Å². The van der Waals surface area contributed by atoms with Gasteiger partial charge in [0, 0.05) is 5.92 Å². The third kappa shape index (κ3) is 4.94. The third-order valence-electron chi connectivity index (χ3n) is 8.04. The summed E-state index contributed by atoms with van der Waals surface area (Å²) in [7, 11) is 0. The van der Waals surface area contributed by atoms with Crippen LogP contribution in [0.2, 0.25) is 0 Å². The molecule has 1 amide bonds. The van der Waals surface area contributed by atoms with Crippen molar-refractivity contribution in [2.75, 3.05) is 0 Å². The summed E-state index contributed by atoms with van der Waals surface area (Å²) in [5.74, 6) is -1.19. The van der Waals surface area contributed by atoms with Crippen LogP contribution in [0.3, 0.4) is 0 Å². The van der Waals surface area contributed by atoms with Crippen molar-refractivity contribution >= 4 is 28.7 Å². The smallest absolute Gasteiger partial charge is 0.264 e. The third-order valence-corrected chi connectivity index (χ3v) is 8.04. The quantitative estimate of drug-likeness (QED) is 0.269. The molecule has 0 spiro atoms. The summed E-state index contributed by atoms with van der Waals surface area (Å²) in [6.07, 6.45) is 7.21. The summed E-state index contributed by atoms with van der Waals surface area (Å²) in [5, 5.41) is 10.9. The molecule has 5 aromatic rings. The molecule has 2 aromatic heterocycles. The van der Waals surface area contributed by atoms with Gasteiger partial charge in [-0.3, -0.25) is 14.2 Å². The molecule has 0 N–H and O–H groups in total. The van der Waals surface area contributed by atoms with Crippen LogP contribution in [0.4, 0.5) is 8.78 Å². The van der Waals surface area contributed by atoms with Gasteiger partial charge in [-0.2, -0.15) is 10.2 Å². The molecule has 0 radical (unpaired) electrons. The van der Waals surface area contributed by atoms with Crippen molar-refractivity contribution in [3.8, 4) is 5.69 Å². The Morgan fingerprint density at radius 3 is 2.42 bits per heavy atom. The molecule has 1 aliphatic heterocycles. The molecule has 214 valence electrons. The number of benzene rings is 3.